The number of aryl methyl sites for hydroxylation is 1. The van der Waals surface area contributed by atoms with Crippen molar-refractivity contribution in [2.45, 2.75) is 24.7 Å². The van der Waals surface area contributed by atoms with E-state index in [-0.39, 0.29) is 0 Å². The second-order valence-electron chi connectivity index (χ2n) is 6.08. The van der Waals surface area contributed by atoms with Crippen molar-refractivity contribution in [2.75, 3.05) is 0 Å². The van der Waals surface area contributed by atoms with E-state index < -0.39 is 5.41 Å². The van der Waals surface area contributed by atoms with Gasteiger partial charge in [0.2, 0.25) is 0 Å². The highest BCUT2D eigenvalue weighted by molar-refractivity contribution is 5.36. The van der Waals surface area contributed by atoms with E-state index in [9.17, 15) is 5.26 Å². The van der Waals surface area contributed by atoms with Gasteiger partial charge in [0.05, 0.1) is 11.5 Å². The Morgan fingerprint density at radius 1 is 0.792 bits per heavy atom. The van der Waals surface area contributed by atoms with Gasteiger partial charge < -0.3 is 0 Å². The van der Waals surface area contributed by atoms with Crippen molar-refractivity contribution >= 4 is 0 Å². The average molecular weight is 312 g/mol. The summed E-state index contributed by atoms with van der Waals surface area (Å²) < 4.78 is 0. The van der Waals surface area contributed by atoms with Crippen molar-refractivity contribution in [1.82, 2.24) is 4.98 Å². The number of nitrogens with zero attached hydrogens (tertiary/aromatic N) is 2. The third kappa shape index (κ3) is 3.70. The number of nitriles is 1. The Bertz CT molecular complexity index is 792. The van der Waals surface area contributed by atoms with E-state index in [1.165, 1.54) is 11.1 Å². The summed E-state index contributed by atoms with van der Waals surface area (Å²) in [4.78, 5) is 4.07. The fourth-order valence-corrected chi connectivity index (χ4v) is 3.10. The van der Waals surface area contributed by atoms with E-state index in [0.717, 1.165) is 24.8 Å². The predicted molar refractivity (Wildman–Crippen MR) is 96.4 cm³/mol. The molecule has 3 aromatic rings. The molecule has 0 N–H and O–H groups in total. The van der Waals surface area contributed by atoms with Crippen LogP contribution in [0.1, 0.15) is 23.1 Å². The summed E-state index contributed by atoms with van der Waals surface area (Å²) in [5.74, 6) is 0. The molecule has 24 heavy (non-hydrogen) atoms. The van der Waals surface area contributed by atoms with E-state index in [0.29, 0.717) is 0 Å². The average Bonchev–Trinajstić information content (AvgIpc) is 2.67. The van der Waals surface area contributed by atoms with Crippen LogP contribution in [-0.4, -0.2) is 4.98 Å². The van der Waals surface area contributed by atoms with E-state index in [1.807, 2.05) is 60.9 Å². The third-order valence-corrected chi connectivity index (χ3v) is 4.48. The van der Waals surface area contributed by atoms with Gasteiger partial charge >= 0.3 is 0 Å². The fourth-order valence-electron chi connectivity index (χ4n) is 3.10. The smallest absolute Gasteiger partial charge is 0.0865 e. The molecule has 3 rings (SSSR count). The van der Waals surface area contributed by atoms with E-state index in [1.54, 1.807) is 0 Å². The Morgan fingerprint density at radius 3 is 2.04 bits per heavy atom. The first-order chi connectivity index (χ1) is 11.8. The molecule has 2 nitrogen and oxygen atoms in total. The number of rotatable bonds is 6. The molecule has 2 heteroatoms. The first-order valence-corrected chi connectivity index (χ1v) is 8.22. The van der Waals surface area contributed by atoms with Gasteiger partial charge in [0, 0.05) is 12.4 Å². The van der Waals surface area contributed by atoms with Crippen LogP contribution < -0.4 is 0 Å². The van der Waals surface area contributed by atoms with Gasteiger partial charge in [-0.2, -0.15) is 5.26 Å². The van der Waals surface area contributed by atoms with Crippen molar-refractivity contribution in [3.63, 3.8) is 0 Å². The Kier molecular flexibility index (Phi) is 5.03. The van der Waals surface area contributed by atoms with Crippen molar-refractivity contribution in [2.24, 2.45) is 0 Å². The lowest BCUT2D eigenvalue weighted by Gasteiger charge is -2.27. The molecule has 0 spiro atoms. The molecule has 1 unspecified atom stereocenters. The Morgan fingerprint density at radius 2 is 1.42 bits per heavy atom. The normalized spacial score (nSPS) is 13.0. The Balaban J connectivity index is 1.92. The molecule has 0 aliphatic carbocycles. The molecule has 2 aromatic carbocycles. The lowest BCUT2D eigenvalue weighted by Crippen LogP contribution is -2.28. The maximum Gasteiger partial charge on any atom is 0.0865 e. The molecule has 0 amide bonds. The van der Waals surface area contributed by atoms with Crippen molar-refractivity contribution < 1.29 is 0 Å². The number of benzene rings is 2. The van der Waals surface area contributed by atoms with E-state index in [4.69, 9.17) is 0 Å². The quantitative estimate of drug-likeness (QED) is 0.660. The van der Waals surface area contributed by atoms with Crippen LogP contribution in [0.3, 0.4) is 0 Å². The topological polar surface area (TPSA) is 36.7 Å². The van der Waals surface area contributed by atoms with Gasteiger partial charge in [-0.25, -0.2) is 0 Å². The van der Waals surface area contributed by atoms with Crippen molar-refractivity contribution in [1.29, 1.82) is 5.26 Å². The summed E-state index contributed by atoms with van der Waals surface area (Å²) in [6, 6.07) is 27.1. The maximum atomic E-state index is 10.1. The van der Waals surface area contributed by atoms with Crippen LogP contribution in [0.25, 0.3) is 0 Å². The zero-order chi connectivity index (χ0) is 16.7. The molecular weight excluding hydrogens is 292 g/mol. The molecule has 0 radical (unpaired) electrons. The molecule has 0 saturated heterocycles. The summed E-state index contributed by atoms with van der Waals surface area (Å²) in [5, 5.41) is 10.1. The van der Waals surface area contributed by atoms with Crippen LogP contribution in [0, 0.1) is 11.3 Å². The molecule has 0 fully saturated rings. The SMILES string of the molecule is N#CC(CCc1ccncc1)(Cc1ccccc1)c1ccccc1. The minimum atomic E-state index is -0.522. The van der Waals surface area contributed by atoms with Crippen LogP contribution in [0.4, 0.5) is 0 Å². The summed E-state index contributed by atoms with van der Waals surface area (Å²) in [5.41, 5.74) is 2.97. The molecule has 118 valence electrons. The van der Waals surface area contributed by atoms with Gasteiger partial charge in [0.25, 0.3) is 0 Å². The minimum Gasteiger partial charge on any atom is -0.265 e. The van der Waals surface area contributed by atoms with Crippen molar-refractivity contribution in [3.05, 3.63) is 102 Å². The zero-order valence-corrected chi connectivity index (χ0v) is 13.6. The summed E-state index contributed by atoms with van der Waals surface area (Å²) in [7, 11) is 0. The standard InChI is InChI=1S/C22H20N2/c23-18-22(21-9-5-2-6-10-21,17-20-7-3-1-4-8-20)14-11-19-12-15-24-16-13-19/h1-10,12-13,15-16H,11,14,17H2. The first-order valence-electron chi connectivity index (χ1n) is 8.22. The first kappa shape index (κ1) is 16.0. The fraction of sp³-hybridized carbons (Fsp3) is 0.182. The van der Waals surface area contributed by atoms with Crippen LogP contribution in [0.15, 0.2) is 85.2 Å². The Labute approximate surface area is 143 Å². The van der Waals surface area contributed by atoms with Gasteiger partial charge in [-0.15, -0.1) is 0 Å². The second-order valence-corrected chi connectivity index (χ2v) is 6.08. The predicted octanol–water partition coefficient (Wildman–Crippen LogP) is 4.72. The summed E-state index contributed by atoms with van der Waals surface area (Å²) >= 11 is 0. The number of hydrogen-bond acceptors (Lipinski definition) is 2. The van der Waals surface area contributed by atoms with E-state index in [2.05, 4.69) is 35.3 Å². The van der Waals surface area contributed by atoms with Gasteiger partial charge in [-0.05, 0) is 48.1 Å². The molecule has 0 aliphatic heterocycles. The molecule has 0 saturated carbocycles. The maximum absolute atomic E-state index is 10.1. The molecular formula is C22H20N2. The molecule has 0 bridgehead atoms. The monoisotopic (exact) mass is 312 g/mol. The van der Waals surface area contributed by atoms with Gasteiger partial charge in [0.1, 0.15) is 0 Å². The highest BCUT2D eigenvalue weighted by Crippen LogP contribution is 2.33. The molecule has 1 heterocycles. The van der Waals surface area contributed by atoms with Gasteiger partial charge in [-0.3, -0.25) is 4.98 Å². The van der Waals surface area contributed by atoms with Crippen LogP contribution in [0.2, 0.25) is 0 Å². The van der Waals surface area contributed by atoms with Crippen LogP contribution in [0.5, 0.6) is 0 Å². The molecule has 1 aromatic heterocycles. The summed E-state index contributed by atoms with van der Waals surface area (Å²) in [6.45, 7) is 0. The summed E-state index contributed by atoms with van der Waals surface area (Å²) in [6.07, 6.45) is 5.98. The Hall–Kier alpha value is -2.92. The minimum absolute atomic E-state index is 0.522. The van der Waals surface area contributed by atoms with Crippen molar-refractivity contribution in [3.8, 4) is 6.07 Å². The number of hydrogen-bond donors (Lipinski definition) is 0. The van der Waals surface area contributed by atoms with E-state index >= 15 is 0 Å². The lowest BCUT2D eigenvalue weighted by atomic mass is 9.73. The highest BCUT2D eigenvalue weighted by atomic mass is 14.6. The molecule has 1 atom stereocenters. The van der Waals surface area contributed by atoms with Gasteiger partial charge in [0.15, 0.2) is 0 Å². The van der Waals surface area contributed by atoms with Crippen LogP contribution in [-0.2, 0) is 18.3 Å². The lowest BCUT2D eigenvalue weighted by molar-refractivity contribution is 0.499. The largest absolute Gasteiger partial charge is 0.265 e. The van der Waals surface area contributed by atoms with Crippen LogP contribution >= 0.6 is 0 Å². The highest BCUT2D eigenvalue weighted by Gasteiger charge is 2.32. The third-order valence-electron chi connectivity index (χ3n) is 4.48. The molecule has 0 aliphatic rings. The second kappa shape index (κ2) is 7.57. The zero-order valence-electron chi connectivity index (χ0n) is 13.6. The number of pyridine rings is 1. The number of aromatic nitrogens is 1. The van der Waals surface area contributed by atoms with Gasteiger partial charge in [-0.1, -0.05) is 60.7 Å².